The van der Waals surface area contributed by atoms with Crippen molar-refractivity contribution < 1.29 is 9.26 Å². The van der Waals surface area contributed by atoms with Crippen molar-refractivity contribution in [2.75, 3.05) is 19.8 Å². The van der Waals surface area contributed by atoms with Gasteiger partial charge in [-0.15, -0.1) is 0 Å². The van der Waals surface area contributed by atoms with Crippen LogP contribution in [0.1, 0.15) is 57.2 Å². The molecule has 1 N–H and O–H groups in total. The van der Waals surface area contributed by atoms with Crippen LogP contribution in [0.3, 0.4) is 0 Å². The number of nitrogens with one attached hydrogen (secondary N) is 1. The number of rotatable bonds is 3. The SMILES string of the molecule is CC1(C)CCC(c2noc(CC3COCCN3)n2)CC1. The molecule has 1 aliphatic carbocycles. The Kier molecular flexibility index (Phi) is 4.08. The highest BCUT2D eigenvalue weighted by Crippen LogP contribution is 2.41. The number of ether oxygens (including phenoxy) is 1. The van der Waals surface area contributed by atoms with Gasteiger partial charge in [-0.25, -0.2) is 0 Å². The van der Waals surface area contributed by atoms with Crippen LogP contribution >= 0.6 is 0 Å². The zero-order valence-corrected chi connectivity index (χ0v) is 12.5. The van der Waals surface area contributed by atoms with Crippen LogP contribution < -0.4 is 5.32 Å². The number of nitrogens with zero attached hydrogens (tertiary/aromatic N) is 2. The quantitative estimate of drug-likeness (QED) is 0.920. The van der Waals surface area contributed by atoms with Gasteiger partial charge in [-0.05, 0) is 31.1 Å². The van der Waals surface area contributed by atoms with Crippen molar-refractivity contribution in [2.24, 2.45) is 5.41 Å². The predicted molar refractivity (Wildman–Crippen MR) is 75.6 cm³/mol. The van der Waals surface area contributed by atoms with Gasteiger partial charge < -0.3 is 14.6 Å². The van der Waals surface area contributed by atoms with Crippen molar-refractivity contribution in [1.29, 1.82) is 0 Å². The van der Waals surface area contributed by atoms with Crippen LogP contribution in [0.2, 0.25) is 0 Å². The van der Waals surface area contributed by atoms with E-state index in [1.807, 2.05) is 0 Å². The van der Waals surface area contributed by atoms with Gasteiger partial charge in [0, 0.05) is 24.9 Å². The first-order valence-electron chi connectivity index (χ1n) is 7.76. The summed E-state index contributed by atoms with van der Waals surface area (Å²) in [6.07, 6.45) is 5.62. The van der Waals surface area contributed by atoms with Crippen LogP contribution in [-0.2, 0) is 11.2 Å². The minimum absolute atomic E-state index is 0.308. The van der Waals surface area contributed by atoms with Crippen LogP contribution in [0.25, 0.3) is 0 Å². The molecule has 1 unspecified atom stereocenters. The first-order valence-corrected chi connectivity index (χ1v) is 7.76. The van der Waals surface area contributed by atoms with Crippen molar-refractivity contribution >= 4 is 0 Å². The smallest absolute Gasteiger partial charge is 0.228 e. The number of aromatic nitrogens is 2. The molecule has 1 atom stereocenters. The lowest BCUT2D eigenvalue weighted by atomic mass is 9.73. The van der Waals surface area contributed by atoms with Crippen LogP contribution in [0.5, 0.6) is 0 Å². The average molecular weight is 279 g/mol. The number of morpholine rings is 1. The highest BCUT2D eigenvalue weighted by molar-refractivity contribution is 5.00. The Morgan fingerprint density at radius 1 is 1.30 bits per heavy atom. The van der Waals surface area contributed by atoms with Gasteiger partial charge >= 0.3 is 0 Å². The summed E-state index contributed by atoms with van der Waals surface area (Å²) >= 11 is 0. The second-order valence-electron chi connectivity index (χ2n) is 6.91. The molecular weight excluding hydrogens is 254 g/mol. The maximum Gasteiger partial charge on any atom is 0.228 e. The highest BCUT2D eigenvalue weighted by atomic mass is 16.5. The van der Waals surface area contributed by atoms with E-state index in [0.29, 0.717) is 17.4 Å². The Morgan fingerprint density at radius 2 is 2.10 bits per heavy atom. The van der Waals surface area contributed by atoms with E-state index in [-0.39, 0.29) is 0 Å². The summed E-state index contributed by atoms with van der Waals surface area (Å²) in [5.74, 6) is 2.14. The van der Waals surface area contributed by atoms with Crippen molar-refractivity contribution in [3.05, 3.63) is 11.7 Å². The summed E-state index contributed by atoms with van der Waals surface area (Å²) in [7, 11) is 0. The number of hydrogen-bond acceptors (Lipinski definition) is 5. The van der Waals surface area contributed by atoms with E-state index in [1.165, 1.54) is 25.7 Å². The van der Waals surface area contributed by atoms with E-state index in [1.54, 1.807) is 0 Å². The maximum atomic E-state index is 5.45. The summed E-state index contributed by atoms with van der Waals surface area (Å²) in [6.45, 7) is 7.13. The van der Waals surface area contributed by atoms with Crippen molar-refractivity contribution in [3.63, 3.8) is 0 Å². The molecular formula is C15H25N3O2. The topological polar surface area (TPSA) is 60.2 Å². The third-order valence-corrected chi connectivity index (χ3v) is 4.61. The largest absolute Gasteiger partial charge is 0.378 e. The highest BCUT2D eigenvalue weighted by Gasteiger charge is 2.30. The molecule has 2 aliphatic rings. The second-order valence-corrected chi connectivity index (χ2v) is 6.91. The molecule has 1 aliphatic heterocycles. The molecule has 1 saturated heterocycles. The first kappa shape index (κ1) is 14.0. The average Bonchev–Trinajstić information content (AvgIpc) is 2.88. The van der Waals surface area contributed by atoms with Crippen molar-refractivity contribution in [1.82, 2.24) is 15.5 Å². The summed E-state index contributed by atoms with van der Waals surface area (Å²) in [4.78, 5) is 4.60. The maximum absolute atomic E-state index is 5.45. The molecule has 20 heavy (non-hydrogen) atoms. The minimum atomic E-state index is 0.308. The summed E-state index contributed by atoms with van der Waals surface area (Å²) in [5.41, 5.74) is 0.479. The summed E-state index contributed by atoms with van der Waals surface area (Å²) in [5, 5.41) is 7.61. The summed E-state index contributed by atoms with van der Waals surface area (Å²) in [6, 6.07) is 0.308. The van der Waals surface area contributed by atoms with Gasteiger partial charge in [0.25, 0.3) is 0 Å². The lowest BCUT2D eigenvalue weighted by Gasteiger charge is -2.32. The Bertz CT molecular complexity index is 428. The Hall–Kier alpha value is -0.940. The lowest BCUT2D eigenvalue weighted by Crippen LogP contribution is -2.42. The van der Waals surface area contributed by atoms with Gasteiger partial charge in [-0.3, -0.25) is 0 Å². The van der Waals surface area contributed by atoms with Gasteiger partial charge in [0.2, 0.25) is 5.89 Å². The van der Waals surface area contributed by atoms with Gasteiger partial charge in [0.05, 0.1) is 13.2 Å². The molecule has 0 aromatic carbocycles. The van der Waals surface area contributed by atoms with Crippen LogP contribution in [-0.4, -0.2) is 35.9 Å². The van der Waals surface area contributed by atoms with Crippen molar-refractivity contribution in [3.8, 4) is 0 Å². The molecule has 5 nitrogen and oxygen atoms in total. The molecule has 0 bridgehead atoms. The van der Waals surface area contributed by atoms with Gasteiger partial charge in [0.1, 0.15) is 0 Å². The van der Waals surface area contributed by atoms with Crippen LogP contribution in [0, 0.1) is 5.41 Å². The van der Waals surface area contributed by atoms with E-state index < -0.39 is 0 Å². The fourth-order valence-corrected chi connectivity index (χ4v) is 3.14. The molecule has 0 spiro atoms. The van der Waals surface area contributed by atoms with E-state index in [9.17, 15) is 0 Å². The van der Waals surface area contributed by atoms with E-state index in [0.717, 1.165) is 37.9 Å². The molecule has 1 saturated carbocycles. The van der Waals surface area contributed by atoms with Crippen LogP contribution in [0.4, 0.5) is 0 Å². The molecule has 112 valence electrons. The fourth-order valence-electron chi connectivity index (χ4n) is 3.14. The third kappa shape index (κ3) is 3.38. The van der Waals surface area contributed by atoms with Gasteiger partial charge in [-0.2, -0.15) is 4.98 Å². The molecule has 0 radical (unpaired) electrons. The fraction of sp³-hybridized carbons (Fsp3) is 0.867. The normalized spacial score (nSPS) is 27.6. The monoisotopic (exact) mass is 279 g/mol. The Labute approximate surface area is 120 Å². The Balaban J connectivity index is 1.56. The summed E-state index contributed by atoms with van der Waals surface area (Å²) < 4.78 is 10.9. The molecule has 3 rings (SSSR count). The lowest BCUT2D eigenvalue weighted by molar-refractivity contribution is 0.0744. The van der Waals surface area contributed by atoms with Crippen LogP contribution in [0.15, 0.2) is 4.52 Å². The number of hydrogen-bond donors (Lipinski definition) is 1. The van der Waals surface area contributed by atoms with E-state index in [2.05, 4.69) is 29.3 Å². The van der Waals surface area contributed by atoms with Crippen molar-refractivity contribution in [2.45, 2.75) is 57.9 Å². The third-order valence-electron chi connectivity index (χ3n) is 4.61. The van der Waals surface area contributed by atoms with E-state index >= 15 is 0 Å². The zero-order chi connectivity index (χ0) is 14.0. The molecule has 1 aromatic rings. The predicted octanol–water partition coefficient (Wildman–Crippen LogP) is 2.28. The molecule has 2 heterocycles. The standard InChI is InChI=1S/C15H25N3O2/c1-15(2)5-3-11(4-6-15)14-17-13(20-18-14)9-12-10-19-8-7-16-12/h11-12,16H,3-10H2,1-2H3. The molecule has 5 heteroatoms. The molecule has 1 aromatic heterocycles. The van der Waals surface area contributed by atoms with E-state index in [4.69, 9.17) is 9.26 Å². The van der Waals surface area contributed by atoms with Gasteiger partial charge in [-0.1, -0.05) is 19.0 Å². The second kappa shape index (κ2) is 5.82. The Morgan fingerprint density at radius 3 is 2.80 bits per heavy atom. The zero-order valence-electron chi connectivity index (χ0n) is 12.5. The minimum Gasteiger partial charge on any atom is -0.378 e. The van der Waals surface area contributed by atoms with Gasteiger partial charge in [0.15, 0.2) is 5.82 Å². The first-order chi connectivity index (χ1) is 9.62. The molecule has 0 amide bonds. The molecule has 2 fully saturated rings.